The predicted octanol–water partition coefficient (Wildman–Crippen LogP) is 4.26. The molecular formula is C22H20N2O3. The molecule has 5 nitrogen and oxygen atoms in total. The Hall–Kier alpha value is -3.60. The van der Waals surface area contributed by atoms with E-state index in [0.717, 1.165) is 5.56 Å². The van der Waals surface area contributed by atoms with Gasteiger partial charge in [0.25, 0.3) is 11.8 Å². The number of aryl methyl sites for hydroxylation is 1. The maximum Gasteiger partial charge on any atom is 0.262 e. The highest BCUT2D eigenvalue weighted by Gasteiger charge is 2.09. The summed E-state index contributed by atoms with van der Waals surface area (Å²) in [6.07, 6.45) is 0. The molecule has 2 amide bonds. The van der Waals surface area contributed by atoms with Gasteiger partial charge in [-0.3, -0.25) is 9.59 Å². The number of ether oxygens (including phenoxy) is 1. The minimum absolute atomic E-state index is 0.0736. The molecule has 0 aliphatic carbocycles. The van der Waals surface area contributed by atoms with Crippen LogP contribution in [0, 0.1) is 6.92 Å². The highest BCUT2D eigenvalue weighted by molar-refractivity contribution is 6.05. The number of benzene rings is 3. The van der Waals surface area contributed by atoms with Gasteiger partial charge < -0.3 is 15.4 Å². The van der Waals surface area contributed by atoms with Crippen molar-refractivity contribution in [3.8, 4) is 5.75 Å². The van der Waals surface area contributed by atoms with Gasteiger partial charge in [0.2, 0.25) is 0 Å². The fourth-order valence-corrected chi connectivity index (χ4v) is 2.53. The van der Waals surface area contributed by atoms with Crippen molar-refractivity contribution in [3.63, 3.8) is 0 Å². The fourth-order valence-electron chi connectivity index (χ4n) is 2.53. The number of carbonyl (C=O) groups excluding carboxylic acids is 2. The van der Waals surface area contributed by atoms with Crippen LogP contribution in [0.2, 0.25) is 0 Å². The molecule has 0 aliphatic rings. The third-order valence-electron chi connectivity index (χ3n) is 3.93. The smallest absolute Gasteiger partial charge is 0.262 e. The Morgan fingerprint density at radius 2 is 1.37 bits per heavy atom. The third-order valence-corrected chi connectivity index (χ3v) is 3.93. The number of carbonyl (C=O) groups is 2. The molecule has 0 radical (unpaired) electrons. The van der Waals surface area contributed by atoms with E-state index in [1.54, 1.807) is 42.5 Å². The van der Waals surface area contributed by atoms with Crippen LogP contribution in [0.4, 0.5) is 11.4 Å². The zero-order valence-electron chi connectivity index (χ0n) is 14.9. The molecule has 136 valence electrons. The van der Waals surface area contributed by atoms with Crippen molar-refractivity contribution in [2.75, 3.05) is 17.2 Å². The third kappa shape index (κ3) is 5.19. The second-order valence-corrected chi connectivity index (χ2v) is 6.00. The largest absolute Gasteiger partial charge is 0.484 e. The first-order valence-electron chi connectivity index (χ1n) is 8.56. The van der Waals surface area contributed by atoms with Crippen molar-refractivity contribution in [3.05, 3.63) is 90.0 Å². The Bertz CT molecular complexity index is 922. The van der Waals surface area contributed by atoms with E-state index in [1.807, 2.05) is 43.3 Å². The number of para-hydroxylation sites is 1. The summed E-state index contributed by atoms with van der Waals surface area (Å²) in [6, 6.07) is 23.5. The van der Waals surface area contributed by atoms with Crippen LogP contribution in [0.1, 0.15) is 15.9 Å². The van der Waals surface area contributed by atoms with E-state index in [1.165, 1.54) is 0 Å². The van der Waals surface area contributed by atoms with Crippen LogP contribution in [-0.4, -0.2) is 18.4 Å². The van der Waals surface area contributed by atoms with Crippen LogP contribution >= 0.6 is 0 Å². The molecule has 5 heteroatoms. The number of hydrogen-bond donors (Lipinski definition) is 2. The van der Waals surface area contributed by atoms with Crippen LogP contribution < -0.4 is 15.4 Å². The summed E-state index contributed by atoms with van der Waals surface area (Å²) < 4.78 is 5.41. The fraction of sp³-hybridized carbons (Fsp3) is 0.0909. The number of rotatable bonds is 6. The van der Waals surface area contributed by atoms with Crippen molar-refractivity contribution in [1.82, 2.24) is 0 Å². The first-order valence-corrected chi connectivity index (χ1v) is 8.56. The minimum atomic E-state index is -0.254. The molecule has 0 saturated heterocycles. The van der Waals surface area contributed by atoms with Gasteiger partial charge in [-0.15, -0.1) is 0 Å². The Morgan fingerprint density at radius 3 is 2.04 bits per heavy atom. The summed E-state index contributed by atoms with van der Waals surface area (Å²) in [6.45, 7) is 1.82. The average Bonchev–Trinajstić information content (AvgIpc) is 2.69. The van der Waals surface area contributed by atoms with Crippen molar-refractivity contribution in [2.24, 2.45) is 0 Å². The lowest BCUT2D eigenvalue weighted by atomic mass is 10.1. The highest BCUT2D eigenvalue weighted by atomic mass is 16.5. The molecule has 3 rings (SSSR count). The molecule has 0 heterocycles. The van der Waals surface area contributed by atoms with E-state index in [0.29, 0.717) is 22.7 Å². The molecule has 0 spiro atoms. The topological polar surface area (TPSA) is 67.4 Å². The SMILES string of the molecule is Cc1ccccc1C(=O)Nc1ccc(NC(=O)COc2ccccc2)cc1. The van der Waals surface area contributed by atoms with Gasteiger partial charge in [-0.25, -0.2) is 0 Å². The molecule has 0 atom stereocenters. The maximum atomic E-state index is 12.3. The number of hydrogen-bond acceptors (Lipinski definition) is 3. The van der Waals surface area contributed by atoms with Gasteiger partial charge in [0, 0.05) is 16.9 Å². The Kier molecular flexibility index (Phi) is 5.84. The molecule has 0 fully saturated rings. The molecule has 0 bridgehead atoms. The van der Waals surface area contributed by atoms with Crippen LogP contribution in [0.15, 0.2) is 78.9 Å². The van der Waals surface area contributed by atoms with Gasteiger partial charge in [-0.05, 0) is 55.0 Å². The van der Waals surface area contributed by atoms with Crippen LogP contribution in [0.3, 0.4) is 0 Å². The van der Waals surface area contributed by atoms with Gasteiger partial charge in [0.05, 0.1) is 0 Å². The van der Waals surface area contributed by atoms with E-state index in [-0.39, 0.29) is 18.4 Å². The lowest BCUT2D eigenvalue weighted by Gasteiger charge is -2.10. The quantitative estimate of drug-likeness (QED) is 0.690. The van der Waals surface area contributed by atoms with Crippen molar-refractivity contribution in [1.29, 1.82) is 0 Å². The van der Waals surface area contributed by atoms with Gasteiger partial charge in [0.15, 0.2) is 6.61 Å². The molecule has 0 aliphatic heterocycles. The summed E-state index contributed by atoms with van der Waals surface area (Å²) in [5, 5.41) is 5.61. The van der Waals surface area contributed by atoms with E-state index in [9.17, 15) is 9.59 Å². The predicted molar refractivity (Wildman–Crippen MR) is 106 cm³/mol. The lowest BCUT2D eigenvalue weighted by Crippen LogP contribution is -2.20. The van der Waals surface area contributed by atoms with Crippen LogP contribution in [-0.2, 0) is 4.79 Å². The number of amides is 2. The minimum Gasteiger partial charge on any atom is -0.484 e. The Labute approximate surface area is 158 Å². The van der Waals surface area contributed by atoms with Gasteiger partial charge >= 0.3 is 0 Å². The van der Waals surface area contributed by atoms with Crippen molar-refractivity contribution in [2.45, 2.75) is 6.92 Å². The maximum absolute atomic E-state index is 12.3. The van der Waals surface area contributed by atoms with E-state index in [4.69, 9.17) is 4.74 Å². The summed E-state index contributed by atoms with van der Waals surface area (Å²) in [5.74, 6) is 0.221. The first kappa shape index (κ1) is 18.2. The molecule has 0 aromatic heterocycles. The van der Waals surface area contributed by atoms with Crippen molar-refractivity contribution < 1.29 is 14.3 Å². The van der Waals surface area contributed by atoms with Crippen LogP contribution in [0.5, 0.6) is 5.75 Å². The second kappa shape index (κ2) is 8.67. The molecule has 0 saturated carbocycles. The number of nitrogens with one attached hydrogen (secondary N) is 2. The standard InChI is InChI=1S/C22H20N2O3/c1-16-7-5-6-10-20(16)22(26)24-18-13-11-17(12-14-18)23-21(25)15-27-19-8-3-2-4-9-19/h2-14H,15H2,1H3,(H,23,25)(H,24,26). The Balaban J connectivity index is 1.53. The van der Waals surface area contributed by atoms with E-state index < -0.39 is 0 Å². The summed E-state index contributed by atoms with van der Waals surface area (Å²) >= 11 is 0. The van der Waals surface area contributed by atoms with Crippen LogP contribution in [0.25, 0.3) is 0 Å². The summed E-state index contributed by atoms with van der Waals surface area (Å²) in [7, 11) is 0. The van der Waals surface area contributed by atoms with E-state index >= 15 is 0 Å². The molecule has 2 N–H and O–H groups in total. The lowest BCUT2D eigenvalue weighted by molar-refractivity contribution is -0.118. The van der Waals surface area contributed by atoms with Crippen molar-refractivity contribution >= 4 is 23.2 Å². The first-order chi connectivity index (χ1) is 13.1. The van der Waals surface area contributed by atoms with E-state index in [2.05, 4.69) is 10.6 Å². The molecule has 27 heavy (non-hydrogen) atoms. The normalized spacial score (nSPS) is 10.1. The monoisotopic (exact) mass is 360 g/mol. The molecule has 3 aromatic rings. The number of anilines is 2. The summed E-state index contributed by atoms with van der Waals surface area (Å²) in [5.41, 5.74) is 2.83. The van der Waals surface area contributed by atoms with Gasteiger partial charge in [-0.1, -0.05) is 36.4 Å². The van der Waals surface area contributed by atoms with Gasteiger partial charge in [-0.2, -0.15) is 0 Å². The molecule has 0 unspecified atom stereocenters. The molecule has 3 aromatic carbocycles. The zero-order valence-corrected chi connectivity index (χ0v) is 14.9. The summed E-state index contributed by atoms with van der Waals surface area (Å²) in [4.78, 5) is 24.3. The Morgan fingerprint density at radius 1 is 0.778 bits per heavy atom. The second-order valence-electron chi connectivity index (χ2n) is 6.00. The van der Waals surface area contributed by atoms with Gasteiger partial charge in [0.1, 0.15) is 5.75 Å². The highest BCUT2D eigenvalue weighted by Crippen LogP contribution is 2.16. The average molecular weight is 360 g/mol. The molecular weight excluding hydrogens is 340 g/mol. The zero-order chi connectivity index (χ0) is 19.1.